The molecular formula is C13H19NO4S. The van der Waals surface area contributed by atoms with E-state index in [-0.39, 0.29) is 10.5 Å². The summed E-state index contributed by atoms with van der Waals surface area (Å²) in [7, 11) is -2.56. The molecule has 0 fully saturated rings. The van der Waals surface area contributed by atoms with Crippen molar-refractivity contribution in [3.05, 3.63) is 29.3 Å². The van der Waals surface area contributed by atoms with Crippen LogP contribution in [0.5, 0.6) is 0 Å². The first kappa shape index (κ1) is 15.7. The van der Waals surface area contributed by atoms with Gasteiger partial charge in [0.2, 0.25) is 10.0 Å². The highest BCUT2D eigenvalue weighted by atomic mass is 32.2. The van der Waals surface area contributed by atoms with Gasteiger partial charge in [-0.1, -0.05) is 6.07 Å². The number of methoxy groups -OCH3 is 1. The molecule has 1 aromatic rings. The molecule has 0 saturated carbocycles. The molecule has 0 bridgehead atoms. The Balaban J connectivity index is 3.40. The van der Waals surface area contributed by atoms with E-state index in [1.165, 1.54) is 19.2 Å². The van der Waals surface area contributed by atoms with Crippen molar-refractivity contribution in [1.29, 1.82) is 0 Å². The third kappa shape index (κ3) is 4.04. The van der Waals surface area contributed by atoms with Crippen LogP contribution in [0, 0.1) is 6.92 Å². The van der Waals surface area contributed by atoms with E-state index in [0.29, 0.717) is 0 Å². The molecule has 106 valence electrons. The smallest absolute Gasteiger partial charge is 0.339 e. The fraction of sp³-hybridized carbons (Fsp3) is 0.462. The van der Waals surface area contributed by atoms with E-state index < -0.39 is 21.5 Å². The average molecular weight is 285 g/mol. The minimum atomic E-state index is -3.78. The molecule has 0 aliphatic rings. The van der Waals surface area contributed by atoms with Crippen molar-refractivity contribution < 1.29 is 17.9 Å². The van der Waals surface area contributed by atoms with Crippen molar-refractivity contribution in [1.82, 2.24) is 4.72 Å². The van der Waals surface area contributed by atoms with Crippen molar-refractivity contribution in [3.63, 3.8) is 0 Å². The predicted octanol–water partition coefficient (Wildman–Crippen LogP) is 1.86. The van der Waals surface area contributed by atoms with Crippen molar-refractivity contribution in [2.24, 2.45) is 0 Å². The monoisotopic (exact) mass is 285 g/mol. The van der Waals surface area contributed by atoms with Gasteiger partial charge in [-0.3, -0.25) is 0 Å². The second-order valence-corrected chi connectivity index (χ2v) is 7.00. The summed E-state index contributed by atoms with van der Waals surface area (Å²) in [6.07, 6.45) is 0. The van der Waals surface area contributed by atoms with Gasteiger partial charge in [-0.05, 0) is 45.4 Å². The number of hydrogen-bond acceptors (Lipinski definition) is 4. The lowest BCUT2D eigenvalue weighted by Crippen LogP contribution is -2.41. The zero-order chi connectivity index (χ0) is 14.8. The number of rotatable bonds is 3. The maximum Gasteiger partial charge on any atom is 0.339 e. The first-order valence-electron chi connectivity index (χ1n) is 5.80. The van der Waals surface area contributed by atoms with Crippen LogP contribution in [-0.4, -0.2) is 27.0 Å². The van der Waals surface area contributed by atoms with Crippen LogP contribution in [0.2, 0.25) is 0 Å². The molecule has 1 rings (SSSR count). The largest absolute Gasteiger partial charge is 0.465 e. The quantitative estimate of drug-likeness (QED) is 0.860. The summed E-state index contributed by atoms with van der Waals surface area (Å²) in [5.41, 5.74) is 0.155. The lowest BCUT2D eigenvalue weighted by atomic mass is 10.1. The molecule has 19 heavy (non-hydrogen) atoms. The van der Waals surface area contributed by atoms with Crippen molar-refractivity contribution in [3.8, 4) is 0 Å². The molecule has 0 amide bonds. The fourth-order valence-corrected chi connectivity index (χ4v) is 3.29. The van der Waals surface area contributed by atoms with Crippen LogP contribution in [-0.2, 0) is 14.8 Å². The highest BCUT2D eigenvalue weighted by Crippen LogP contribution is 2.20. The Bertz CT molecular complexity index is 585. The van der Waals surface area contributed by atoms with Gasteiger partial charge in [-0.25, -0.2) is 17.9 Å². The Morgan fingerprint density at radius 3 is 2.32 bits per heavy atom. The number of benzene rings is 1. The Hall–Kier alpha value is -1.40. The van der Waals surface area contributed by atoms with E-state index in [1.807, 2.05) is 0 Å². The number of hydrogen-bond donors (Lipinski definition) is 1. The van der Waals surface area contributed by atoms with E-state index in [9.17, 15) is 13.2 Å². The van der Waals surface area contributed by atoms with Crippen LogP contribution in [0.15, 0.2) is 23.1 Å². The van der Waals surface area contributed by atoms with Gasteiger partial charge < -0.3 is 4.74 Å². The van der Waals surface area contributed by atoms with Crippen LogP contribution >= 0.6 is 0 Å². The van der Waals surface area contributed by atoms with Crippen LogP contribution < -0.4 is 4.72 Å². The van der Waals surface area contributed by atoms with Gasteiger partial charge in [0.15, 0.2) is 0 Å². The van der Waals surface area contributed by atoms with Gasteiger partial charge in [0.05, 0.1) is 17.6 Å². The van der Waals surface area contributed by atoms with E-state index in [0.717, 1.165) is 5.56 Å². The normalized spacial score (nSPS) is 12.3. The Kier molecular flexibility index (Phi) is 4.37. The molecule has 0 atom stereocenters. The summed E-state index contributed by atoms with van der Waals surface area (Å²) in [4.78, 5) is 11.6. The lowest BCUT2D eigenvalue weighted by Gasteiger charge is -2.21. The third-order valence-corrected chi connectivity index (χ3v) is 4.07. The van der Waals surface area contributed by atoms with Crippen molar-refractivity contribution in [2.75, 3.05) is 7.11 Å². The second-order valence-electron chi connectivity index (χ2n) is 5.35. The molecular weight excluding hydrogens is 266 g/mol. The second kappa shape index (κ2) is 5.30. The number of carbonyl (C=O) groups is 1. The molecule has 1 aromatic carbocycles. The predicted molar refractivity (Wildman–Crippen MR) is 72.6 cm³/mol. The maximum absolute atomic E-state index is 12.3. The van der Waals surface area contributed by atoms with Crippen LogP contribution in [0.1, 0.15) is 36.7 Å². The molecule has 1 N–H and O–H groups in total. The third-order valence-electron chi connectivity index (χ3n) is 2.27. The summed E-state index contributed by atoms with van der Waals surface area (Å²) in [5, 5.41) is 0. The molecule has 5 nitrogen and oxygen atoms in total. The van der Waals surface area contributed by atoms with Crippen molar-refractivity contribution in [2.45, 2.75) is 38.1 Å². The van der Waals surface area contributed by atoms with Crippen molar-refractivity contribution >= 4 is 16.0 Å². The Morgan fingerprint density at radius 1 is 1.26 bits per heavy atom. The molecule has 0 aliphatic carbocycles. The highest BCUT2D eigenvalue weighted by molar-refractivity contribution is 7.89. The number of nitrogens with one attached hydrogen (secondary N) is 1. The number of ether oxygens (including phenoxy) is 1. The minimum absolute atomic E-state index is 0.0323. The first-order valence-corrected chi connectivity index (χ1v) is 7.28. The van der Waals surface area contributed by atoms with Gasteiger partial charge in [0.1, 0.15) is 0 Å². The molecule has 0 radical (unpaired) electrons. The van der Waals surface area contributed by atoms with Crippen LogP contribution in [0.4, 0.5) is 0 Å². The number of sulfonamides is 1. The Labute approximate surface area is 114 Å². The van der Waals surface area contributed by atoms with Gasteiger partial charge in [0.25, 0.3) is 0 Å². The van der Waals surface area contributed by atoms with Gasteiger partial charge in [-0.15, -0.1) is 0 Å². The zero-order valence-electron chi connectivity index (χ0n) is 11.8. The van der Waals surface area contributed by atoms with Gasteiger partial charge >= 0.3 is 5.97 Å². The topological polar surface area (TPSA) is 72.5 Å². The summed E-state index contributed by atoms with van der Waals surface area (Å²) >= 11 is 0. The summed E-state index contributed by atoms with van der Waals surface area (Å²) in [6.45, 7) is 6.96. The van der Waals surface area contributed by atoms with Gasteiger partial charge in [-0.2, -0.15) is 0 Å². The van der Waals surface area contributed by atoms with E-state index in [2.05, 4.69) is 9.46 Å². The molecule has 6 heteroatoms. The summed E-state index contributed by atoms with van der Waals surface area (Å²) < 4.78 is 31.8. The number of aryl methyl sites for hydroxylation is 1. The van der Waals surface area contributed by atoms with E-state index in [1.54, 1.807) is 33.8 Å². The number of esters is 1. The SMILES string of the molecule is COC(=O)c1ccc(C)cc1S(=O)(=O)NC(C)(C)C. The summed E-state index contributed by atoms with van der Waals surface area (Å²) in [5.74, 6) is -0.672. The first-order chi connectivity index (χ1) is 8.57. The lowest BCUT2D eigenvalue weighted by molar-refractivity contribution is 0.0596. The maximum atomic E-state index is 12.3. The summed E-state index contributed by atoms with van der Waals surface area (Å²) in [6, 6.07) is 4.58. The minimum Gasteiger partial charge on any atom is -0.465 e. The molecule has 0 unspecified atom stereocenters. The molecule has 0 heterocycles. The zero-order valence-corrected chi connectivity index (χ0v) is 12.6. The molecule has 0 aliphatic heterocycles. The number of carbonyl (C=O) groups excluding carboxylic acids is 1. The molecule has 0 aromatic heterocycles. The fourth-order valence-electron chi connectivity index (χ4n) is 1.59. The van der Waals surface area contributed by atoms with E-state index in [4.69, 9.17) is 0 Å². The van der Waals surface area contributed by atoms with Crippen LogP contribution in [0.25, 0.3) is 0 Å². The van der Waals surface area contributed by atoms with Crippen LogP contribution in [0.3, 0.4) is 0 Å². The highest BCUT2D eigenvalue weighted by Gasteiger charge is 2.27. The molecule has 0 spiro atoms. The average Bonchev–Trinajstić information content (AvgIpc) is 2.24. The Morgan fingerprint density at radius 2 is 1.84 bits per heavy atom. The van der Waals surface area contributed by atoms with E-state index >= 15 is 0 Å². The van der Waals surface area contributed by atoms with Gasteiger partial charge in [0, 0.05) is 5.54 Å². The molecule has 0 saturated heterocycles. The standard InChI is InChI=1S/C13H19NO4S/c1-9-6-7-10(12(15)18-5)11(8-9)19(16,17)14-13(2,3)4/h6-8,14H,1-5H3.